The van der Waals surface area contributed by atoms with Crippen molar-refractivity contribution in [3.63, 3.8) is 0 Å². The Hall–Kier alpha value is -0.830. The number of nitrogens with one attached hydrogen (secondary N) is 2. The molecule has 0 aromatic heterocycles. The van der Waals surface area contributed by atoms with Crippen molar-refractivity contribution < 1.29 is 4.79 Å². The van der Waals surface area contributed by atoms with Crippen molar-refractivity contribution in [2.45, 2.75) is 32.6 Å². The zero-order valence-corrected chi connectivity index (χ0v) is 18.9. The second-order valence-electron chi connectivity index (χ2n) is 7.56. The summed E-state index contributed by atoms with van der Waals surface area (Å²) >= 11 is 0. The highest BCUT2D eigenvalue weighted by Gasteiger charge is 2.34. The molecule has 0 aromatic carbocycles. The molecule has 0 unspecified atom stereocenters. The molecule has 0 aliphatic heterocycles. The highest BCUT2D eigenvalue weighted by atomic mass is 127. The SMILES string of the molecule is C=C(C)CNC(=NCC(=O)N(C)C)NCC1(CN(C)C)CCCC1.I. The summed E-state index contributed by atoms with van der Waals surface area (Å²) in [6, 6.07) is 0. The molecule has 0 aromatic rings. The molecule has 1 aliphatic rings. The molecule has 0 spiro atoms. The number of rotatable bonds is 8. The van der Waals surface area contributed by atoms with Crippen LogP contribution in [0.2, 0.25) is 0 Å². The van der Waals surface area contributed by atoms with Crippen molar-refractivity contribution in [1.29, 1.82) is 0 Å². The van der Waals surface area contributed by atoms with Crippen LogP contribution in [0.5, 0.6) is 0 Å². The average molecular weight is 465 g/mol. The molecule has 1 rings (SSSR count). The Kier molecular flexibility index (Phi) is 11.3. The van der Waals surface area contributed by atoms with Crippen LogP contribution in [0.25, 0.3) is 0 Å². The van der Waals surface area contributed by atoms with Crippen molar-refractivity contribution in [2.75, 3.05) is 54.4 Å². The fourth-order valence-corrected chi connectivity index (χ4v) is 3.15. The van der Waals surface area contributed by atoms with Gasteiger partial charge in [0.15, 0.2) is 5.96 Å². The quantitative estimate of drug-likeness (QED) is 0.249. The molecule has 1 amide bonds. The van der Waals surface area contributed by atoms with E-state index in [1.165, 1.54) is 25.7 Å². The van der Waals surface area contributed by atoms with Gasteiger partial charge >= 0.3 is 0 Å². The first-order chi connectivity index (χ1) is 11.2. The first kappa shape index (κ1) is 24.2. The minimum Gasteiger partial charge on any atom is -0.356 e. The van der Waals surface area contributed by atoms with Gasteiger partial charge in [-0.2, -0.15) is 0 Å². The zero-order chi connectivity index (χ0) is 18.2. The number of guanidine groups is 1. The maximum absolute atomic E-state index is 11.8. The Labute approximate surface area is 170 Å². The van der Waals surface area contributed by atoms with E-state index in [2.05, 4.69) is 41.2 Å². The number of carbonyl (C=O) groups is 1. The van der Waals surface area contributed by atoms with Gasteiger partial charge in [0.25, 0.3) is 0 Å². The lowest BCUT2D eigenvalue weighted by Crippen LogP contribution is -2.47. The van der Waals surface area contributed by atoms with Gasteiger partial charge in [0.05, 0.1) is 0 Å². The smallest absolute Gasteiger partial charge is 0.243 e. The first-order valence-electron chi connectivity index (χ1n) is 8.75. The monoisotopic (exact) mass is 465 g/mol. The van der Waals surface area contributed by atoms with Crippen molar-refractivity contribution >= 4 is 35.8 Å². The molecule has 6 nitrogen and oxygen atoms in total. The van der Waals surface area contributed by atoms with Gasteiger partial charge in [-0.05, 0) is 33.9 Å². The average Bonchev–Trinajstić information content (AvgIpc) is 2.93. The van der Waals surface area contributed by atoms with E-state index in [4.69, 9.17) is 0 Å². The number of carbonyl (C=O) groups excluding carboxylic acids is 1. The number of aliphatic imine (C=N–C) groups is 1. The van der Waals surface area contributed by atoms with Gasteiger partial charge in [-0.25, -0.2) is 4.99 Å². The lowest BCUT2D eigenvalue weighted by Gasteiger charge is -2.33. The molecule has 7 heteroatoms. The van der Waals surface area contributed by atoms with E-state index in [9.17, 15) is 4.79 Å². The standard InChI is InChI=1S/C18H35N5O.HI/c1-15(2)11-19-17(20-12-16(24)23(5)6)21-13-18(14-22(3)4)9-7-8-10-18;/h1,7-14H2,2-6H3,(H2,19,20,21);1H. The number of hydrogen-bond donors (Lipinski definition) is 2. The third kappa shape index (κ3) is 9.44. The molecule has 25 heavy (non-hydrogen) atoms. The Morgan fingerprint density at radius 3 is 2.24 bits per heavy atom. The second kappa shape index (κ2) is 11.7. The molecule has 0 radical (unpaired) electrons. The molecule has 0 bridgehead atoms. The predicted molar refractivity (Wildman–Crippen MR) is 117 cm³/mol. The largest absolute Gasteiger partial charge is 0.356 e. The van der Waals surface area contributed by atoms with Crippen LogP contribution in [0.3, 0.4) is 0 Å². The van der Waals surface area contributed by atoms with Crippen LogP contribution in [0.4, 0.5) is 0 Å². The fourth-order valence-electron chi connectivity index (χ4n) is 3.15. The number of nitrogens with zero attached hydrogens (tertiary/aromatic N) is 3. The molecule has 0 saturated heterocycles. The van der Waals surface area contributed by atoms with Crippen LogP contribution in [-0.4, -0.2) is 76.0 Å². The summed E-state index contributed by atoms with van der Waals surface area (Å²) in [4.78, 5) is 20.1. The van der Waals surface area contributed by atoms with Gasteiger partial charge < -0.3 is 20.4 Å². The minimum atomic E-state index is -0.00436. The van der Waals surface area contributed by atoms with Gasteiger partial charge in [0, 0.05) is 39.1 Å². The van der Waals surface area contributed by atoms with Gasteiger partial charge in [0.1, 0.15) is 6.54 Å². The van der Waals surface area contributed by atoms with Crippen molar-refractivity contribution in [1.82, 2.24) is 20.4 Å². The first-order valence-corrected chi connectivity index (χ1v) is 8.75. The maximum atomic E-state index is 11.8. The molecule has 2 N–H and O–H groups in total. The summed E-state index contributed by atoms with van der Waals surface area (Å²) in [5.74, 6) is 0.688. The number of likely N-dealkylation sites (N-methyl/N-ethyl adjacent to an activating group) is 1. The number of hydrogen-bond acceptors (Lipinski definition) is 3. The van der Waals surface area contributed by atoms with Crippen LogP contribution < -0.4 is 10.6 Å². The van der Waals surface area contributed by atoms with Crippen LogP contribution >= 0.6 is 24.0 Å². The van der Waals surface area contributed by atoms with Crippen LogP contribution in [0, 0.1) is 5.41 Å². The summed E-state index contributed by atoms with van der Waals surface area (Å²) in [5, 5.41) is 6.72. The summed E-state index contributed by atoms with van der Waals surface area (Å²) in [6.07, 6.45) is 5.06. The van der Waals surface area contributed by atoms with E-state index in [1.54, 1.807) is 19.0 Å². The lowest BCUT2D eigenvalue weighted by molar-refractivity contribution is -0.127. The van der Waals surface area contributed by atoms with Crippen molar-refractivity contribution in [3.05, 3.63) is 12.2 Å². The number of halogens is 1. The van der Waals surface area contributed by atoms with Crippen molar-refractivity contribution in [2.24, 2.45) is 10.4 Å². The van der Waals surface area contributed by atoms with E-state index in [0.29, 0.717) is 17.9 Å². The number of amides is 1. The predicted octanol–water partition coefficient (Wildman–Crippen LogP) is 1.93. The van der Waals surface area contributed by atoms with Gasteiger partial charge in [0.2, 0.25) is 5.91 Å². The summed E-state index contributed by atoms with van der Waals surface area (Å²) in [7, 11) is 7.75. The molecule has 1 saturated carbocycles. The summed E-state index contributed by atoms with van der Waals surface area (Å²) < 4.78 is 0. The molecule has 1 fully saturated rings. The second-order valence-corrected chi connectivity index (χ2v) is 7.56. The molecular formula is C18H36IN5O. The molecule has 146 valence electrons. The maximum Gasteiger partial charge on any atom is 0.243 e. The lowest BCUT2D eigenvalue weighted by atomic mass is 9.85. The van der Waals surface area contributed by atoms with E-state index < -0.39 is 0 Å². The zero-order valence-electron chi connectivity index (χ0n) is 16.5. The van der Waals surface area contributed by atoms with Gasteiger partial charge in [-0.3, -0.25) is 4.79 Å². The van der Waals surface area contributed by atoms with E-state index >= 15 is 0 Å². The van der Waals surface area contributed by atoms with Gasteiger partial charge in [-0.1, -0.05) is 25.0 Å². The van der Waals surface area contributed by atoms with Crippen LogP contribution in [-0.2, 0) is 4.79 Å². The minimum absolute atomic E-state index is 0. The molecule has 0 heterocycles. The molecular weight excluding hydrogens is 429 g/mol. The van der Waals surface area contributed by atoms with Crippen LogP contribution in [0.1, 0.15) is 32.6 Å². The Balaban J connectivity index is 0.00000576. The summed E-state index contributed by atoms with van der Waals surface area (Å²) in [5.41, 5.74) is 1.33. The fraction of sp³-hybridized carbons (Fsp3) is 0.778. The normalized spacial score (nSPS) is 16.3. The van der Waals surface area contributed by atoms with E-state index in [-0.39, 0.29) is 36.4 Å². The Bertz CT molecular complexity index is 456. The third-order valence-electron chi connectivity index (χ3n) is 4.38. The van der Waals surface area contributed by atoms with Crippen molar-refractivity contribution in [3.8, 4) is 0 Å². The van der Waals surface area contributed by atoms with Gasteiger partial charge in [-0.15, -0.1) is 24.0 Å². The Morgan fingerprint density at radius 1 is 1.16 bits per heavy atom. The van der Waals surface area contributed by atoms with E-state index in [1.807, 2.05) is 6.92 Å². The third-order valence-corrected chi connectivity index (χ3v) is 4.38. The molecule has 1 aliphatic carbocycles. The highest BCUT2D eigenvalue weighted by molar-refractivity contribution is 14.0. The van der Waals surface area contributed by atoms with Crippen LogP contribution in [0.15, 0.2) is 17.1 Å². The van der Waals surface area contributed by atoms with E-state index in [0.717, 1.165) is 18.7 Å². The summed E-state index contributed by atoms with van der Waals surface area (Å²) in [6.45, 7) is 8.65. The Morgan fingerprint density at radius 2 is 1.76 bits per heavy atom. The topological polar surface area (TPSA) is 60.0 Å². The highest BCUT2D eigenvalue weighted by Crippen LogP contribution is 2.37. The molecule has 0 atom stereocenters.